The largest absolute Gasteiger partial charge is 0.395 e. The van der Waals surface area contributed by atoms with Crippen LogP contribution in [0.3, 0.4) is 0 Å². The number of rotatable bonds is 7. The zero-order chi connectivity index (χ0) is 10.1. The van der Waals surface area contributed by atoms with Crippen molar-refractivity contribution < 1.29 is 9.57 Å². The van der Waals surface area contributed by atoms with Gasteiger partial charge in [0.05, 0.1) is 12.3 Å². The summed E-state index contributed by atoms with van der Waals surface area (Å²) in [6.45, 7) is 7.01. The highest BCUT2D eigenvalue weighted by atomic mass is 16.6. The molecule has 13 heavy (non-hydrogen) atoms. The number of likely N-dealkylation sites (N-methyl/N-ethyl adjacent to an activating group) is 1. The molecule has 0 saturated carbocycles. The Hall–Kier alpha value is -0.610. The Morgan fingerprint density at radius 3 is 2.38 bits per heavy atom. The molecule has 0 aromatic rings. The molecule has 0 saturated heterocycles. The molecule has 0 heterocycles. The second-order valence-electron chi connectivity index (χ2n) is 3.17. The van der Waals surface area contributed by atoms with Gasteiger partial charge in [-0.15, -0.1) is 0 Å². The van der Waals surface area contributed by atoms with Crippen LogP contribution in [0.2, 0.25) is 0 Å². The van der Waals surface area contributed by atoms with Crippen LogP contribution in [0.1, 0.15) is 13.8 Å². The fourth-order valence-electron chi connectivity index (χ4n) is 0.730. The molecular weight excluding hydrogens is 168 g/mol. The third-order valence-electron chi connectivity index (χ3n) is 1.49. The molecule has 0 aliphatic rings. The van der Waals surface area contributed by atoms with Crippen LogP contribution in [0.4, 0.5) is 0 Å². The van der Waals surface area contributed by atoms with Crippen molar-refractivity contribution in [1.82, 2.24) is 4.90 Å². The predicted molar refractivity (Wildman–Crippen MR) is 54.1 cm³/mol. The Morgan fingerprint density at radius 2 is 1.85 bits per heavy atom. The lowest BCUT2D eigenvalue weighted by atomic mass is 10.5. The zero-order valence-corrected chi connectivity index (χ0v) is 9.04. The molecule has 0 radical (unpaired) electrons. The Kier molecular flexibility index (Phi) is 7.63. The van der Waals surface area contributed by atoms with Gasteiger partial charge in [0, 0.05) is 20.2 Å². The second kappa shape index (κ2) is 8.01. The molecule has 0 fully saturated rings. The summed E-state index contributed by atoms with van der Waals surface area (Å²) in [5.74, 6) is 0. The summed E-state index contributed by atoms with van der Waals surface area (Å²) in [7, 11) is 3.74. The summed E-state index contributed by atoms with van der Waals surface area (Å²) in [4.78, 5) is 7.19. The van der Waals surface area contributed by atoms with Crippen LogP contribution in [-0.2, 0) is 9.57 Å². The van der Waals surface area contributed by atoms with Gasteiger partial charge in [0.1, 0.15) is 6.61 Å². The van der Waals surface area contributed by atoms with Gasteiger partial charge in [-0.3, -0.25) is 0 Å². The first-order chi connectivity index (χ1) is 6.16. The monoisotopic (exact) mass is 188 g/mol. The molecule has 0 N–H and O–H groups in total. The van der Waals surface area contributed by atoms with E-state index in [1.807, 2.05) is 20.9 Å². The number of nitrogens with zero attached hydrogens (tertiary/aromatic N) is 2. The summed E-state index contributed by atoms with van der Waals surface area (Å²) >= 11 is 0. The zero-order valence-electron chi connectivity index (χ0n) is 9.04. The highest BCUT2D eigenvalue weighted by Gasteiger charge is 1.96. The Balaban J connectivity index is 3.26. The number of ether oxygens (including phenoxy) is 1. The molecule has 0 aliphatic carbocycles. The first kappa shape index (κ1) is 12.4. The minimum absolute atomic E-state index is 0.630. The molecule has 0 amide bonds. The molecule has 0 unspecified atom stereocenters. The lowest BCUT2D eigenvalue weighted by Crippen LogP contribution is -2.26. The highest BCUT2D eigenvalue weighted by Crippen LogP contribution is 1.85. The molecular formula is C9H20N2O2. The SMILES string of the molecule is COCCN(C)CCON=C(C)C. The van der Waals surface area contributed by atoms with E-state index in [4.69, 9.17) is 9.57 Å². The lowest BCUT2D eigenvalue weighted by molar-refractivity contribution is 0.103. The number of oxime groups is 1. The van der Waals surface area contributed by atoms with Crippen LogP contribution in [0.25, 0.3) is 0 Å². The van der Waals surface area contributed by atoms with Crippen LogP contribution >= 0.6 is 0 Å². The second-order valence-corrected chi connectivity index (χ2v) is 3.17. The molecule has 4 nitrogen and oxygen atoms in total. The topological polar surface area (TPSA) is 34.1 Å². The molecule has 0 aromatic heterocycles. The smallest absolute Gasteiger partial charge is 0.129 e. The lowest BCUT2D eigenvalue weighted by Gasteiger charge is -2.14. The standard InChI is InChI=1S/C9H20N2O2/c1-9(2)10-13-8-6-11(3)5-7-12-4/h5-8H2,1-4H3. The average Bonchev–Trinajstić information content (AvgIpc) is 2.08. The highest BCUT2D eigenvalue weighted by molar-refractivity contribution is 5.78. The van der Waals surface area contributed by atoms with Crippen LogP contribution in [-0.4, -0.2) is 51.1 Å². The maximum absolute atomic E-state index is 5.05. The van der Waals surface area contributed by atoms with E-state index >= 15 is 0 Å². The first-order valence-corrected chi connectivity index (χ1v) is 4.47. The van der Waals surface area contributed by atoms with Gasteiger partial charge in [-0.2, -0.15) is 0 Å². The molecule has 4 heteroatoms. The van der Waals surface area contributed by atoms with Crippen LogP contribution in [0.5, 0.6) is 0 Å². The van der Waals surface area contributed by atoms with Crippen LogP contribution in [0.15, 0.2) is 5.16 Å². The van der Waals surface area contributed by atoms with E-state index in [2.05, 4.69) is 10.1 Å². The molecule has 0 bridgehead atoms. The quantitative estimate of drug-likeness (QED) is 0.339. The molecule has 0 spiro atoms. The summed E-state index contributed by atoms with van der Waals surface area (Å²) in [6.07, 6.45) is 0. The number of hydrogen-bond donors (Lipinski definition) is 0. The summed E-state index contributed by atoms with van der Waals surface area (Å²) in [6, 6.07) is 0. The van der Waals surface area contributed by atoms with Gasteiger partial charge in [0.15, 0.2) is 0 Å². The average molecular weight is 188 g/mol. The van der Waals surface area contributed by atoms with Gasteiger partial charge in [0.2, 0.25) is 0 Å². The van der Waals surface area contributed by atoms with E-state index in [0.29, 0.717) is 6.61 Å². The Morgan fingerprint density at radius 1 is 1.23 bits per heavy atom. The first-order valence-electron chi connectivity index (χ1n) is 4.47. The third-order valence-corrected chi connectivity index (χ3v) is 1.49. The molecule has 0 atom stereocenters. The molecule has 0 rings (SSSR count). The van der Waals surface area contributed by atoms with E-state index in [9.17, 15) is 0 Å². The van der Waals surface area contributed by atoms with E-state index in [0.717, 1.165) is 25.4 Å². The van der Waals surface area contributed by atoms with Crippen molar-refractivity contribution in [3.05, 3.63) is 0 Å². The molecule has 0 aliphatic heterocycles. The Bertz CT molecular complexity index is 145. The Labute approximate surface area is 80.5 Å². The van der Waals surface area contributed by atoms with Crippen molar-refractivity contribution >= 4 is 5.71 Å². The van der Waals surface area contributed by atoms with Crippen LogP contribution < -0.4 is 0 Å². The van der Waals surface area contributed by atoms with Gasteiger partial charge >= 0.3 is 0 Å². The fraction of sp³-hybridized carbons (Fsp3) is 0.889. The van der Waals surface area contributed by atoms with Gasteiger partial charge in [-0.1, -0.05) is 5.16 Å². The van der Waals surface area contributed by atoms with Crippen molar-refractivity contribution in [3.8, 4) is 0 Å². The van der Waals surface area contributed by atoms with Gasteiger partial charge in [-0.05, 0) is 20.9 Å². The van der Waals surface area contributed by atoms with E-state index < -0.39 is 0 Å². The maximum atomic E-state index is 5.05. The van der Waals surface area contributed by atoms with E-state index in [1.54, 1.807) is 7.11 Å². The van der Waals surface area contributed by atoms with E-state index in [1.165, 1.54) is 0 Å². The normalized spacial score (nSPS) is 10.2. The molecule has 0 aromatic carbocycles. The third kappa shape index (κ3) is 9.30. The fourth-order valence-corrected chi connectivity index (χ4v) is 0.730. The van der Waals surface area contributed by atoms with Gasteiger partial charge < -0.3 is 14.5 Å². The number of methoxy groups -OCH3 is 1. The van der Waals surface area contributed by atoms with E-state index in [-0.39, 0.29) is 0 Å². The predicted octanol–water partition coefficient (Wildman–Crippen LogP) is 0.977. The van der Waals surface area contributed by atoms with Crippen molar-refractivity contribution in [1.29, 1.82) is 0 Å². The summed E-state index contributed by atoms with van der Waals surface area (Å²) < 4.78 is 4.95. The number of hydrogen-bond acceptors (Lipinski definition) is 4. The van der Waals surface area contributed by atoms with Crippen LogP contribution in [0, 0.1) is 0 Å². The van der Waals surface area contributed by atoms with Gasteiger partial charge in [-0.25, -0.2) is 0 Å². The minimum atomic E-state index is 0.630. The minimum Gasteiger partial charge on any atom is -0.395 e. The van der Waals surface area contributed by atoms with Crippen molar-refractivity contribution in [2.45, 2.75) is 13.8 Å². The van der Waals surface area contributed by atoms with Crippen molar-refractivity contribution in [2.75, 3.05) is 40.5 Å². The van der Waals surface area contributed by atoms with Gasteiger partial charge in [0.25, 0.3) is 0 Å². The molecule has 78 valence electrons. The van der Waals surface area contributed by atoms with Crippen molar-refractivity contribution in [3.63, 3.8) is 0 Å². The summed E-state index contributed by atoms with van der Waals surface area (Å²) in [5.41, 5.74) is 0.944. The van der Waals surface area contributed by atoms with Crippen molar-refractivity contribution in [2.24, 2.45) is 5.16 Å². The maximum Gasteiger partial charge on any atom is 0.129 e. The summed E-state index contributed by atoms with van der Waals surface area (Å²) in [5, 5.41) is 3.84.